The Morgan fingerprint density at radius 1 is 0.600 bits per heavy atom. The molecule has 0 aliphatic carbocycles. The number of carbonyl (C=O) groups excluding carboxylic acids is 3. The molecule has 0 saturated heterocycles. The van der Waals surface area contributed by atoms with E-state index in [-0.39, 0.29) is 26.6 Å². The molecule has 0 bridgehead atoms. The highest BCUT2D eigenvalue weighted by Gasteiger charge is 2.13. The average Bonchev–Trinajstić information content (AvgIpc) is 2.97. The molecule has 12 N–H and O–H groups in total. The zero-order valence-electron chi connectivity index (χ0n) is 22.2. The summed E-state index contributed by atoms with van der Waals surface area (Å²) >= 11 is 0. The molecule has 0 saturated carbocycles. The van der Waals surface area contributed by atoms with E-state index in [1.54, 1.807) is 99.0 Å². The highest BCUT2D eigenvalue weighted by molar-refractivity contribution is 6.10. The van der Waals surface area contributed by atoms with Gasteiger partial charge in [0.1, 0.15) is 0 Å². The normalized spacial score (nSPS) is 10.1. The first-order valence-electron chi connectivity index (χ1n) is 12.1. The molecule has 0 aliphatic rings. The first kappa shape index (κ1) is 29.2. The number of rotatable bonds is 9. The number of carbonyl (C=O) groups is 3. The van der Waals surface area contributed by atoms with Gasteiger partial charge in [-0.05, 0) is 84.9 Å². The van der Waals surface area contributed by atoms with Crippen LogP contribution < -0.4 is 44.4 Å². The van der Waals surface area contributed by atoms with Crippen LogP contribution in [-0.2, 0) is 0 Å². The number of hydrazine groups is 1. The third-order valence-corrected chi connectivity index (χ3v) is 6.10. The summed E-state index contributed by atoms with van der Waals surface area (Å²) in [6.45, 7) is 0. The molecule has 0 heterocycles. The molecule has 0 fully saturated rings. The van der Waals surface area contributed by atoms with Crippen LogP contribution in [0.2, 0.25) is 0 Å². The van der Waals surface area contributed by atoms with Crippen molar-refractivity contribution in [2.24, 2.45) is 5.84 Å². The quantitative estimate of drug-likeness (QED) is 0.0616. The zero-order chi connectivity index (χ0) is 27.9. The smallest absolute Gasteiger partial charge is 0.255 e. The van der Waals surface area contributed by atoms with Gasteiger partial charge in [0.25, 0.3) is 11.8 Å². The lowest BCUT2D eigenvalue weighted by Crippen LogP contribution is -2.14. The van der Waals surface area contributed by atoms with Gasteiger partial charge in [0.05, 0.1) is 22.7 Å². The van der Waals surface area contributed by atoms with Crippen LogP contribution in [-0.4, -0.2) is 31.7 Å². The van der Waals surface area contributed by atoms with Crippen molar-refractivity contribution < 1.29 is 17.2 Å². The van der Waals surface area contributed by atoms with Crippen molar-refractivity contribution >= 4 is 51.7 Å². The molecule has 4 aromatic rings. The first-order valence-corrected chi connectivity index (χ1v) is 12.1. The van der Waals surface area contributed by atoms with Gasteiger partial charge in [-0.25, -0.2) is 0 Å². The fourth-order valence-corrected chi connectivity index (χ4v) is 3.94. The van der Waals surface area contributed by atoms with Crippen molar-refractivity contribution in [2.45, 2.75) is 0 Å². The van der Waals surface area contributed by atoms with E-state index in [0.717, 1.165) is 11.4 Å². The van der Waals surface area contributed by atoms with Crippen LogP contribution in [0.15, 0.2) is 84.9 Å². The van der Waals surface area contributed by atoms with Gasteiger partial charge in [-0.2, -0.15) is 0 Å². The van der Waals surface area contributed by atoms with E-state index < -0.39 is 0 Å². The second kappa shape index (κ2) is 12.9. The highest BCUT2D eigenvalue weighted by atomic mass is 16.2. The fraction of sp³-hybridized carbons (Fsp3) is 0.0690. The van der Waals surface area contributed by atoms with E-state index in [2.05, 4.69) is 26.7 Å². The van der Waals surface area contributed by atoms with Gasteiger partial charge in [0, 0.05) is 50.6 Å². The summed E-state index contributed by atoms with van der Waals surface area (Å²) in [5, 5.41) is 11.5. The monoisotopic (exact) mass is 544 g/mol. The van der Waals surface area contributed by atoms with Gasteiger partial charge in [0.15, 0.2) is 5.78 Å². The van der Waals surface area contributed by atoms with Crippen LogP contribution in [0.4, 0.5) is 34.1 Å². The lowest BCUT2D eigenvalue weighted by atomic mass is 10.0. The molecule has 40 heavy (non-hydrogen) atoms. The summed E-state index contributed by atoms with van der Waals surface area (Å²) < 4.78 is 0. The second-order valence-corrected chi connectivity index (χ2v) is 8.60. The SMILES string of the molecule is CNc1ccc(C(=O)Nc2ccc(C(=O)c3ccc(NC(=O)c4ccc(NC)c(NN)c4)cc3)cc2)cc1N.N.[HH].[HH]. The van der Waals surface area contributed by atoms with Gasteiger partial charge in [0.2, 0.25) is 0 Å². The Morgan fingerprint density at radius 2 is 1.02 bits per heavy atom. The minimum atomic E-state index is -0.313. The number of nitrogens with two attached hydrogens (primary N) is 2. The molecule has 0 aromatic heterocycles. The summed E-state index contributed by atoms with van der Waals surface area (Å²) in [6, 6.07) is 23.3. The Kier molecular flexibility index (Phi) is 9.42. The predicted octanol–water partition coefficient (Wildman–Crippen LogP) is 5.03. The fourth-order valence-electron chi connectivity index (χ4n) is 3.94. The molecule has 0 atom stereocenters. The van der Waals surface area contributed by atoms with E-state index in [1.807, 2.05) is 0 Å². The molecule has 11 nitrogen and oxygen atoms in total. The largest absolute Gasteiger partial charge is 0.397 e. The summed E-state index contributed by atoms with van der Waals surface area (Å²) in [4.78, 5) is 38.2. The van der Waals surface area contributed by atoms with Gasteiger partial charge in [-0.1, -0.05) is 0 Å². The van der Waals surface area contributed by atoms with E-state index in [0.29, 0.717) is 45.0 Å². The number of amides is 2. The molecule has 4 rings (SSSR count). The second-order valence-electron chi connectivity index (χ2n) is 8.60. The number of ketones is 1. The first-order chi connectivity index (χ1) is 18.8. The summed E-state index contributed by atoms with van der Waals surface area (Å²) in [6.07, 6.45) is 0. The average molecular weight is 545 g/mol. The lowest BCUT2D eigenvalue weighted by Gasteiger charge is -2.11. The Labute approximate surface area is 234 Å². The minimum Gasteiger partial charge on any atom is -0.397 e. The van der Waals surface area contributed by atoms with E-state index >= 15 is 0 Å². The Balaban J connectivity index is 0.00000294. The predicted molar refractivity (Wildman–Crippen MR) is 166 cm³/mol. The number of nitrogen functional groups attached to an aromatic ring is 2. The van der Waals surface area contributed by atoms with Gasteiger partial charge < -0.3 is 38.6 Å². The van der Waals surface area contributed by atoms with E-state index in [1.165, 1.54) is 0 Å². The molecule has 0 unspecified atom stereocenters. The maximum Gasteiger partial charge on any atom is 0.255 e. The standard InChI is InChI=1S/C29H29N7O3.H3N.2H2/c1-32-24-13-7-19(15-23(24)30)28(38)34-21-9-3-17(4-10-21)27(37)18-5-11-22(12-6-18)35-29(39)20-8-14-25(33-2)26(16-20)36-31;;;/h3-16,32-33,36H,30-31H2,1-2H3,(H,34,38)(H,35,39);1H3;2*1H. The third-order valence-electron chi connectivity index (χ3n) is 6.10. The molecular weight excluding hydrogens is 508 g/mol. The molecular formula is C29H36N8O3. The van der Waals surface area contributed by atoms with Crippen LogP contribution in [0, 0.1) is 0 Å². The third kappa shape index (κ3) is 6.54. The summed E-state index contributed by atoms with van der Waals surface area (Å²) in [7, 11) is 3.51. The molecule has 0 aliphatic heterocycles. The molecule has 0 radical (unpaired) electrons. The van der Waals surface area contributed by atoms with Crippen molar-refractivity contribution in [1.29, 1.82) is 0 Å². The molecule has 2 amide bonds. The Morgan fingerprint density at radius 3 is 1.45 bits per heavy atom. The number of anilines is 6. The molecule has 4 aromatic carbocycles. The van der Waals surface area contributed by atoms with Crippen LogP contribution in [0.3, 0.4) is 0 Å². The molecule has 0 spiro atoms. The number of hydrogen-bond donors (Lipinski definition) is 8. The lowest BCUT2D eigenvalue weighted by molar-refractivity contribution is 0.101. The molecule has 210 valence electrons. The van der Waals surface area contributed by atoms with E-state index in [9.17, 15) is 14.4 Å². The van der Waals surface area contributed by atoms with Crippen LogP contribution in [0.1, 0.15) is 39.5 Å². The van der Waals surface area contributed by atoms with Gasteiger partial charge in [-0.3, -0.25) is 20.2 Å². The summed E-state index contributed by atoms with van der Waals surface area (Å²) in [5.41, 5.74) is 13.9. The van der Waals surface area contributed by atoms with Gasteiger partial charge >= 0.3 is 0 Å². The van der Waals surface area contributed by atoms with Crippen LogP contribution in [0.5, 0.6) is 0 Å². The van der Waals surface area contributed by atoms with Crippen molar-refractivity contribution in [3.05, 3.63) is 107 Å². The van der Waals surface area contributed by atoms with Crippen molar-refractivity contribution in [1.82, 2.24) is 6.15 Å². The highest BCUT2D eigenvalue weighted by Crippen LogP contribution is 2.23. The number of benzene rings is 4. The number of hydrogen-bond acceptors (Lipinski definition) is 9. The Bertz CT molecular complexity index is 1530. The number of nitrogens with one attached hydrogen (secondary N) is 5. The van der Waals surface area contributed by atoms with E-state index in [4.69, 9.17) is 11.6 Å². The van der Waals surface area contributed by atoms with Crippen molar-refractivity contribution in [2.75, 3.05) is 46.5 Å². The topological polar surface area (TPSA) is 198 Å². The van der Waals surface area contributed by atoms with Crippen LogP contribution in [0.25, 0.3) is 0 Å². The summed E-state index contributed by atoms with van der Waals surface area (Å²) in [5.74, 6) is 4.71. The van der Waals surface area contributed by atoms with Crippen molar-refractivity contribution in [3.8, 4) is 0 Å². The van der Waals surface area contributed by atoms with Gasteiger partial charge in [-0.15, -0.1) is 0 Å². The zero-order valence-corrected chi connectivity index (χ0v) is 22.2. The maximum absolute atomic E-state index is 13.0. The van der Waals surface area contributed by atoms with Crippen molar-refractivity contribution in [3.63, 3.8) is 0 Å². The maximum atomic E-state index is 13.0. The minimum absolute atomic E-state index is 0. The Hall–Kier alpha value is -5.39. The molecule has 11 heteroatoms. The van der Waals surface area contributed by atoms with Crippen LogP contribution >= 0.6 is 0 Å².